The van der Waals surface area contributed by atoms with Crippen molar-refractivity contribution in [2.45, 2.75) is 25.7 Å². The summed E-state index contributed by atoms with van der Waals surface area (Å²) in [5, 5.41) is 0.522. The lowest BCUT2D eigenvalue weighted by atomic mass is 10.4. The Hall–Kier alpha value is -0.550. The third-order valence-corrected chi connectivity index (χ3v) is 4.81. The summed E-state index contributed by atoms with van der Waals surface area (Å²) in [6.45, 7) is 4.20. The van der Waals surface area contributed by atoms with Crippen LogP contribution < -0.4 is 9.80 Å². The van der Waals surface area contributed by atoms with Gasteiger partial charge in [-0.05, 0) is 41.6 Å². The molecule has 1 aromatic rings. The van der Waals surface area contributed by atoms with Crippen LogP contribution in [0.4, 0.5) is 11.8 Å². The molecule has 0 spiro atoms. The second-order valence-electron chi connectivity index (χ2n) is 4.84. The van der Waals surface area contributed by atoms with Crippen LogP contribution in [0.1, 0.15) is 25.7 Å². The first-order chi connectivity index (χ1) is 8.75. The highest BCUT2D eigenvalue weighted by atomic mass is 79.9. The van der Waals surface area contributed by atoms with Crippen LogP contribution in [0.5, 0.6) is 0 Å². The summed E-state index contributed by atoms with van der Waals surface area (Å²) in [7, 11) is 0. The SMILES string of the molecule is Clc1nc(N2CCCC2)nc(N2CCCC2)c1Br. The van der Waals surface area contributed by atoms with Crippen LogP contribution in [-0.2, 0) is 0 Å². The van der Waals surface area contributed by atoms with Crippen LogP contribution in [0.3, 0.4) is 0 Å². The number of aromatic nitrogens is 2. The molecule has 18 heavy (non-hydrogen) atoms. The first-order valence-electron chi connectivity index (χ1n) is 6.48. The van der Waals surface area contributed by atoms with E-state index in [1.165, 1.54) is 25.7 Å². The molecule has 6 heteroatoms. The molecule has 0 radical (unpaired) electrons. The molecule has 2 aliphatic rings. The lowest BCUT2D eigenvalue weighted by Crippen LogP contribution is -2.24. The standard InChI is InChI=1S/C12H16BrClN4/c13-9-10(14)15-12(18-7-3-4-8-18)16-11(9)17-5-1-2-6-17/h1-8H2. The maximum atomic E-state index is 6.22. The quantitative estimate of drug-likeness (QED) is 0.780. The molecule has 0 atom stereocenters. The second-order valence-corrected chi connectivity index (χ2v) is 5.99. The van der Waals surface area contributed by atoms with Crippen molar-refractivity contribution in [2.24, 2.45) is 0 Å². The predicted octanol–water partition coefficient (Wildman–Crippen LogP) is 3.09. The van der Waals surface area contributed by atoms with E-state index < -0.39 is 0 Å². The zero-order valence-electron chi connectivity index (χ0n) is 10.2. The monoisotopic (exact) mass is 330 g/mol. The number of nitrogens with zero attached hydrogens (tertiary/aromatic N) is 4. The summed E-state index contributed by atoms with van der Waals surface area (Å²) in [6, 6.07) is 0. The van der Waals surface area contributed by atoms with E-state index in [0.29, 0.717) is 5.15 Å². The summed E-state index contributed by atoms with van der Waals surface area (Å²) in [5.74, 6) is 1.73. The van der Waals surface area contributed by atoms with Crippen molar-refractivity contribution < 1.29 is 0 Å². The van der Waals surface area contributed by atoms with Crippen molar-refractivity contribution in [3.63, 3.8) is 0 Å². The average Bonchev–Trinajstić information content (AvgIpc) is 3.03. The Morgan fingerprint density at radius 3 is 2.06 bits per heavy atom. The molecule has 0 unspecified atom stereocenters. The van der Waals surface area contributed by atoms with Crippen molar-refractivity contribution >= 4 is 39.3 Å². The molecule has 3 heterocycles. The Kier molecular flexibility index (Phi) is 3.61. The fourth-order valence-electron chi connectivity index (χ4n) is 2.59. The summed E-state index contributed by atoms with van der Waals surface area (Å²) in [4.78, 5) is 13.6. The van der Waals surface area contributed by atoms with Gasteiger partial charge in [0.15, 0.2) is 5.15 Å². The van der Waals surface area contributed by atoms with Gasteiger partial charge in [0.1, 0.15) is 5.82 Å². The molecule has 2 fully saturated rings. The van der Waals surface area contributed by atoms with Crippen LogP contribution in [0.25, 0.3) is 0 Å². The molecule has 2 saturated heterocycles. The first-order valence-corrected chi connectivity index (χ1v) is 7.66. The number of hydrogen-bond donors (Lipinski definition) is 0. The van der Waals surface area contributed by atoms with Gasteiger partial charge in [-0.3, -0.25) is 0 Å². The van der Waals surface area contributed by atoms with Crippen LogP contribution in [0.2, 0.25) is 5.15 Å². The van der Waals surface area contributed by atoms with Gasteiger partial charge < -0.3 is 9.80 Å². The van der Waals surface area contributed by atoms with Crippen LogP contribution in [0.15, 0.2) is 4.47 Å². The van der Waals surface area contributed by atoms with Crippen LogP contribution in [-0.4, -0.2) is 36.1 Å². The molecule has 0 aromatic carbocycles. The average molecular weight is 332 g/mol. The van der Waals surface area contributed by atoms with Gasteiger partial charge in [-0.25, -0.2) is 0 Å². The Labute approximate surface area is 120 Å². The van der Waals surface area contributed by atoms with Crippen molar-refractivity contribution in [1.29, 1.82) is 0 Å². The Balaban J connectivity index is 1.95. The third-order valence-electron chi connectivity index (χ3n) is 3.58. The summed E-state index contributed by atoms with van der Waals surface area (Å²) >= 11 is 9.74. The highest BCUT2D eigenvalue weighted by Crippen LogP contribution is 2.34. The number of rotatable bonds is 2. The first kappa shape index (κ1) is 12.5. The van der Waals surface area contributed by atoms with Crippen LogP contribution >= 0.6 is 27.5 Å². The number of halogens is 2. The lowest BCUT2D eigenvalue weighted by Gasteiger charge is -2.22. The predicted molar refractivity (Wildman–Crippen MR) is 77.6 cm³/mol. The van der Waals surface area contributed by atoms with E-state index in [9.17, 15) is 0 Å². The van der Waals surface area contributed by atoms with Gasteiger partial charge in [0.2, 0.25) is 5.95 Å². The molecule has 0 saturated carbocycles. The molecule has 2 aliphatic heterocycles. The normalized spacial score (nSPS) is 19.9. The summed E-state index contributed by atoms with van der Waals surface area (Å²) in [6.07, 6.45) is 4.90. The van der Waals surface area contributed by atoms with Crippen LogP contribution in [0, 0.1) is 0 Å². The minimum Gasteiger partial charge on any atom is -0.355 e. The van der Waals surface area contributed by atoms with E-state index >= 15 is 0 Å². The van der Waals surface area contributed by atoms with Crippen molar-refractivity contribution in [1.82, 2.24) is 9.97 Å². The molecule has 0 amide bonds. The maximum absolute atomic E-state index is 6.22. The molecule has 4 nitrogen and oxygen atoms in total. The van der Waals surface area contributed by atoms with E-state index in [-0.39, 0.29) is 0 Å². The lowest BCUT2D eigenvalue weighted by molar-refractivity contribution is 0.867. The molecular weight excluding hydrogens is 316 g/mol. The second kappa shape index (κ2) is 5.21. The Bertz CT molecular complexity index is 442. The van der Waals surface area contributed by atoms with E-state index in [1.807, 2.05) is 0 Å². The van der Waals surface area contributed by atoms with Gasteiger partial charge in [0.05, 0.1) is 4.47 Å². The summed E-state index contributed by atoms with van der Waals surface area (Å²) < 4.78 is 0.828. The highest BCUT2D eigenvalue weighted by Gasteiger charge is 2.23. The smallest absolute Gasteiger partial charge is 0.228 e. The molecule has 0 N–H and O–H groups in total. The van der Waals surface area contributed by atoms with Crippen molar-refractivity contribution in [3.8, 4) is 0 Å². The topological polar surface area (TPSA) is 32.3 Å². The Morgan fingerprint density at radius 1 is 0.889 bits per heavy atom. The zero-order valence-corrected chi connectivity index (χ0v) is 12.5. The van der Waals surface area contributed by atoms with E-state index in [0.717, 1.165) is 42.4 Å². The van der Waals surface area contributed by atoms with Crippen molar-refractivity contribution in [3.05, 3.63) is 9.63 Å². The minimum atomic E-state index is 0.522. The van der Waals surface area contributed by atoms with Gasteiger partial charge in [-0.1, -0.05) is 11.6 Å². The fraction of sp³-hybridized carbons (Fsp3) is 0.667. The molecule has 3 rings (SSSR count). The third kappa shape index (κ3) is 2.30. The van der Waals surface area contributed by atoms with Crippen molar-refractivity contribution in [2.75, 3.05) is 36.0 Å². The molecule has 0 bridgehead atoms. The number of anilines is 2. The highest BCUT2D eigenvalue weighted by molar-refractivity contribution is 9.10. The maximum Gasteiger partial charge on any atom is 0.228 e. The molecular formula is C12H16BrClN4. The van der Waals surface area contributed by atoms with Gasteiger partial charge >= 0.3 is 0 Å². The zero-order chi connectivity index (χ0) is 12.5. The van der Waals surface area contributed by atoms with Gasteiger partial charge in [0, 0.05) is 26.2 Å². The molecule has 1 aromatic heterocycles. The fourth-order valence-corrected chi connectivity index (χ4v) is 3.18. The molecule has 0 aliphatic carbocycles. The van der Waals surface area contributed by atoms with Gasteiger partial charge in [-0.2, -0.15) is 9.97 Å². The van der Waals surface area contributed by atoms with E-state index in [4.69, 9.17) is 16.6 Å². The van der Waals surface area contributed by atoms with Gasteiger partial charge in [0.25, 0.3) is 0 Å². The van der Waals surface area contributed by atoms with E-state index in [1.54, 1.807) is 0 Å². The van der Waals surface area contributed by atoms with Gasteiger partial charge in [-0.15, -0.1) is 0 Å². The molecule has 98 valence electrons. The largest absolute Gasteiger partial charge is 0.355 e. The van der Waals surface area contributed by atoms with E-state index in [2.05, 4.69) is 30.7 Å². The summed E-state index contributed by atoms with van der Waals surface area (Å²) in [5.41, 5.74) is 0. The number of hydrogen-bond acceptors (Lipinski definition) is 4. The minimum absolute atomic E-state index is 0.522. The Morgan fingerprint density at radius 2 is 1.44 bits per heavy atom.